The van der Waals surface area contributed by atoms with E-state index in [-0.39, 0.29) is 5.78 Å². The molecular formula is C9H8O3S2. The van der Waals surface area contributed by atoms with Crippen molar-refractivity contribution in [2.75, 3.05) is 6.26 Å². The molecule has 74 valence electrons. The number of carboxylic acids is 1. The van der Waals surface area contributed by atoms with Crippen LogP contribution in [0.4, 0.5) is 0 Å². The average Bonchev–Trinajstić information content (AvgIpc) is 2.66. The van der Waals surface area contributed by atoms with Gasteiger partial charge in [0.05, 0.1) is 4.21 Å². The third kappa shape index (κ3) is 1.27. The number of ketones is 1. The van der Waals surface area contributed by atoms with E-state index in [0.717, 1.165) is 9.77 Å². The van der Waals surface area contributed by atoms with Gasteiger partial charge in [-0.25, -0.2) is 4.79 Å². The van der Waals surface area contributed by atoms with Crippen LogP contribution in [-0.4, -0.2) is 23.1 Å². The first kappa shape index (κ1) is 9.73. The van der Waals surface area contributed by atoms with Crippen molar-refractivity contribution in [3.05, 3.63) is 16.0 Å². The Morgan fingerprint density at radius 1 is 1.50 bits per heavy atom. The molecule has 0 saturated heterocycles. The molecule has 1 aromatic heterocycles. The number of aromatic carboxylic acids is 1. The number of carbonyl (C=O) groups excluding carboxylic acids is 1. The number of fused-ring (bicyclic) bond motifs is 1. The van der Waals surface area contributed by atoms with Crippen LogP contribution in [0.5, 0.6) is 0 Å². The first-order valence-electron chi connectivity index (χ1n) is 4.11. The molecule has 0 aromatic carbocycles. The van der Waals surface area contributed by atoms with E-state index in [2.05, 4.69) is 0 Å². The maximum absolute atomic E-state index is 11.5. The standard InChI is InChI=1S/C9H8O3S2/c1-13-9-6-4(2-3-5(6)10)7(14-9)8(11)12/h2-3H2,1H3,(H,11,12). The SMILES string of the molecule is CSc1sc(C(=O)O)c2c1C(=O)CC2. The number of hydrogen-bond acceptors (Lipinski definition) is 4. The van der Waals surface area contributed by atoms with Gasteiger partial charge in [-0.1, -0.05) is 0 Å². The van der Waals surface area contributed by atoms with Crippen molar-refractivity contribution in [3.8, 4) is 0 Å². The second kappa shape index (κ2) is 3.40. The van der Waals surface area contributed by atoms with Crippen LogP contribution in [-0.2, 0) is 6.42 Å². The van der Waals surface area contributed by atoms with Crippen molar-refractivity contribution in [1.29, 1.82) is 0 Å². The highest BCUT2D eigenvalue weighted by Gasteiger charge is 2.30. The summed E-state index contributed by atoms with van der Waals surface area (Å²) in [7, 11) is 0. The first-order valence-corrected chi connectivity index (χ1v) is 6.15. The van der Waals surface area contributed by atoms with Gasteiger partial charge in [0.25, 0.3) is 0 Å². The summed E-state index contributed by atoms with van der Waals surface area (Å²) < 4.78 is 0.847. The second-order valence-electron chi connectivity index (χ2n) is 3.00. The lowest BCUT2D eigenvalue weighted by atomic mass is 10.2. The van der Waals surface area contributed by atoms with Crippen LogP contribution in [0, 0.1) is 0 Å². The molecule has 1 aliphatic carbocycles. The molecule has 1 N–H and O–H groups in total. The summed E-state index contributed by atoms with van der Waals surface area (Å²) in [6.45, 7) is 0. The van der Waals surface area contributed by atoms with E-state index in [1.807, 2.05) is 6.26 Å². The van der Waals surface area contributed by atoms with E-state index < -0.39 is 5.97 Å². The van der Waals surface area contributed by atoms with E-state index >= 15 is 0 Å². The number of thioether (sulfide) groups is 1. The predicted molar refractivity (Wildman–Crippen MR) is 55.7 cm³/mol. The average molecular weight is 228 g/mol. The van der Waals surface area contributed by atoms with E-state index in [1.54, 1.807) is 0 Å². The summed E-state index contributed by atoms with van der Waals surface area (Å²) in [5, 5.41) is 8.93. The highest BCUT2D eigenvalue weighted by atomic mass is 32.2. The highest BCUT2D eigenvalue weighted by Crippen LogP contribution is 2.40. The van der Waals surface area contributed by atoms with Crippen molar-refractivity contribution in [2.45, 2.75) is 17.1 Å². The van der Waals surface area contributed by atoms with Gasteiger partial charge >= 0.3 is 5.97 Å². The van der Waals surface area contributed by atoms with Crippen LogP contribution >= 0.6 is 23.1 Å². The van der Waals surface area contributed by atoms with Crippen LogP contribution in [0.1, 0.15) is 32.0 Å². The molecule has 0 fully saturated rings. The third-order valence-electron chi connectivity index (χ3n) is 2.24. The zero-order chi connectivity index (χ0) is 10.3. The van der Waals surface area contributed by atoms with E-state index in [1.165, 1.54) is 23.1 Å². The number of Topliss-reactive ketones (excluding diaryl/α,β-unsaturated/α-hetero) is 1. The van der Waals surface area contributed by atoms with E-state index in [0.29, 0.717) is 23.3 Å². The molecule has 0 bridgehead atoms. The zero-order valence-corrected chi connectivity index (χ0v) is 9.13. The minimum absolute atomic E-state index is 0.0908. The fourth-order valence-electron chi connectivity index (χ4n) is 1.64. The fraction of sp³-hybridized carbons (Fsp3) is 0.333. The van der Waals surface area contributed by atoms with E-state index in [9.17, 15) is 9.59 Å². The largest absolute Gasteiger partial charge is 0.477 e. The summed E-state index contributed by atoms with van der Waals surface area (Å²) in [6, 6.07) is 0. The molecule has 0 aliphatic heterocycles. The summed E-state index contributed by atoms with van der Waals surface area (Å²) >= 11 is 2.67. The van der Waals surface area contributed by atoms with Gasteiger partial charge in [0, 0.05) is 12.0 Å². The van der Waals surface area contributed by atoms with Crippen molar-refractivity contribution >= 4 is 34.9 Å². The number of carboxylic acid groups (broad SMARTS) is 1. The summed E-state index contributed by atoms with van der Waals surface area (Å²) in [6.07, 6.45) is 2.92. The minimum Gasteiger partial charge on any atom is -0.477 e. The molecule has 5 heteroatoms. The van der Waals surface area contributed by atoms with Gasteiger partial charge in [-0.05, 0) is 18.2 Å². The maximum atomic E-state index is 11.5. The maximum Gasteiger partial charge on any atom is 0.346 e. The molecule has 0 amide bonds. The normalized spacial score (nSPS) is 14.5. The lowest BCUT2D eigenvalue weighted by molar-refractivity contribution is 0.0701. The number of carbonyl (C=O) groups is 2. The van der Waals surface area contributed by atoms with Gasteiger partial charge in [0.1, 0.15) is 4.88 Å². The summed E-state index contributed by atoms with van der Waals surface area (Å²) in [5.41, 5.74) is 1.41. The summed E-state index contributed by atoms with van der Waals surface area (Å²) in [4.78, 5) is 22.7. The van der Waals surface area contributed by atoms with Gasteiger partial charge < -0.3 is 5.11 Å². The molecule has 0 unspecified atom stereocenters. The Bertz CT molecular complexity index is 420. The molecule has 0 radical (unpaired) electrons. The molecule has 1 heterocycles. The first-order chi connectivity index (χ1) is 6.65. The molecule has 0 spiro atoms. The quantitative estimate of drug-likeness (QED) is 0.789. The predicted octanol–water partition coefficient (Wildman–Crippen LogP) is 2.30. The second-order valence-corrected chi connectivity index (χ2v) is 5.10. The van der Waals surface area contributed by atoms with Crippen LogP contribution in [0.15, 0.2) is 4.21 Å². The molecule has 1 aliphatic rings. The molecular weight excluding hydrogens is 220 g/mol. The molecule has 1 aromatic rings. The topological polar surface area (TPSA) is 54.4 Å². The Morgan fingerprint density at radius 3 is 2.79 bits per heavy atom. The summed E-state index contributed by atoms with van der Waals surface area (Å²) in [5.74, 6) is -0.825. The van der Waals surface area contributed by atoms with E-state index in [4.69, 9.17) is 5.11 Å². The van der Waals surface area contributed by atoms with Crippen molar-refractivity contribution in [2.24, 2.45) is 0 Å². The molecule has 0 atom stereocenters. The zero-order valence-electron chi connectivity index (χ0n) is 7.49. The number of rotatable bonds is 2. The van der Waals surface area contributed by atoms with Gasteiger partial charge in [-0.2, -0.15) is 0 Å². The van der Waals surface area contributed by atoms with Crippen molar-refractivity contribution in [3.63, 3.8) is 0 Å². The molecule has 2 rings (SSSR count). The van der Waals surface area contributed by atoms with Crippen molar-refractivity contribution in [1.82, 2.24) is 0 Å². The Hall–Kier alpha value is -0.810. The van der Waals surface area contributed by atoms with Gasteiger partial charge in [0.2, 0.25) is 0 Å². The Labute approximate surface area is 89.1 Å². The minimum atomic E-state index is -0.916. The van der Waals surface area contributed by atoms with Gasteiger partial charge in [0.15, 0.2) is 5.78 Å². The fourth-order valence-corrected chi connectivity index (χ4v) is 3.61. The number of thiophene rings is 1. The monoisotopic (exact) mass is 228 g/mol. The highest BCUT2D eigenvalue weighted by molar-refractivity contribution is 8.00. The lowest BCUT2D eigenvalue weighted by Crippen LogP contribution is -1.95. The van der Waals surface area contributed by atoms with Crippen LogP contribution in [0.2, 0.25) is 0 Å². The number of hydrogen-bond donors (Lipinski definition) is 1. The molecule has 3 nitrogen and oxygen atoms in total. The van der Waals surface area contributed by atoms with Crippen LogP contribution in [0.25, 0.3) is 0 Å². The van der Waals surface area contributed by atoms with Crippen molar-refractivity contribution < 1.29 is 14.7 Å². The Morgan fingerprint density at radius 2 is 2.21 bits per heavy atom. The Kier molecular flexibility index (Phi) is 2.36. The molecule has 0 saturated carbocycles. The third-order valence-corrected chi connectivity index (χ3v) is 4.57. The van der Waals surface area contributed by atoms with Crippen LogP contribution < -0.4 is 0 Å². The van der Waals surface area contributed by atoms with Gasteiger partial charge in [-0.3, -0.25) is 4.79 Å². The van der Waals surface area contributed by atoms with Crippen LogP contribution in [0.3, 0.4) is 0 Å². The Balaban J connectivity index is 2.63. The molecule has 14 heavy (non-hydrogen) atoms. The van der Waals surface area contributed by atoms with Gasteiger partial charge in [-0.15, -0.1) is 23.1 Å². The lowest BCUT2D eigenvalue weighted by Gasteiger charge is -1.91. The smallest absolute Gasteiger partial charge is 0.346 e.